The molecule has 0 radical (unpaired) electrons. The van der Waals surface area contributed by atoms with Gasteiger partial charge in [-0.25, -0.2) is 4.79 Å². The van der Waals surface area contributed by atoms with E-state index >= 15 is 0 Å². The largest absolute Gasteiger partial charge is 0.497 e. The highest BCUT2D eigenvalue weighted by atomic mass is 16.5. The van der Waals surface area contributed by atoms with Gasteiger partial charge in [0, 0.05) is 31.7 Å². The van der Waals surface area contributed by atoms with Crippen LogP contribution in [0, 0.1) is 0 Å². The number of rotatable bonds is 4. The van der Waals surface area contributed by atoms with Crippen molar-refractivity contribution < 1.29 is 23.8 Å². The molecule has 0 aliphatic carbocycles. The summed E-state index contributed by atoms with van der Waals surface area (Å²) < 4.78 is 15.3. The van der Waals surface area contributed by atoms with Crippen molar-refractivity contribution in [2.45, 2.75) is 12.8 Å². The Balaban J connectivity index is 2.03. The Labute approximate surface area is 142 Å². The summed E-state index contributed by atoms with van der Waals surface area (Å²) in [5.74, 6) is 1.36. The highest BCUT2D eigenvalue weighted by molar-refractivity contribution is 5.80. The third kappa shape index (κ3) is 4.31. The van der Waals surface area contributed by atoms with E-state index in [0.29, 0.717) is 37.7 Å². The number of hydrogen-bond donors (Lipinski definition) is 0. The van der Waals surface area contributed by atoms with Crippen LogP contribution in [0.1, 0.15) is 12.0 Å². The SMILES string of the molecule is COC(=O)N1CCCN(C(=O)Cc2cc(OC)ccc2OC)CC1. The van der Waals surface area contributed by atoms with Crippen molar-refractivity contribution in [1.82, 2.24) is 9.80 Å². The fourth-order valence-electron chi connectivity index (χ4n) is 2.77. The van der Waals surface area contributed by atoms with Crippen LogP contribution in [0.5, 0.6) is 11.5 Å². The Morgan fingerprint density at radius 1 is 1.00 bits per heavy atom. The molecule has 1 aromatic carbocycles. The average Bonchev–Trinajstić information content (AvgIpc) is 2.87. The number of methoxy groups -OCH3 is 3. The molecule has 1 fully saturated rings. The Bertz CT molecular complexity index is 590. The van der Waals surface area contributed by atoms with Crippen LogP contribution in [-0.2, 0) is 16.0 Å². The first-order chi connectivity index (χ1) is 11.6. The number of carbonyl (C=O) groups excluding carboxylic acids is 2. The lowest BCUT2D eigenvalue weighted by atomic mass is 10.1. The molecule has 0 bridgehead atoms. The lowest BCUT2D eigenvalue weighted by Gasteiger charge is -2.22. The van der Waals surface area contributed by atoms with Gasteiger partial charge in [0.1, 0.15) is 11.5 Å². The molecule has 0 saturated carbocycles. The highest BCUT2D eigenvalue weighted by Gasteiger charge is 2.23. The molecule has 132 valence electrons. The van der Waals surface area contributed by atoms with Gasteiger partial charge in [0.25, 0.3) is 0 Å². The molecule has 1 aliphatic rings. The molecular formula is C17H24N2O5. The first kappa shape index (κ1) is 17.9. The maximum absolute atomic E-state index is 12.6. The molecular weight excluding hydrogens is 312 g/mol. The maximum atomic E-state index is 12.6. The van der Waals surface area contributed by atoms with Crippen molar-refractivity contribution in [3.8, 4) is 11.5 Å². The molecule has 1 saturated heterocycles. The minimum atomic E-state index is -0.348. The van der Waals surface area contributed by atoms with Gasteiger partial charge >= 0.3 is 6.09 Å². The number of carbonyl (C=O) groups is 2. The molecule has 0 N–H and O–H groups in total. The van der Waals surface area contributed by atoms with Gasteiger partial charge in [-0.3, -0.25) is 4.79 Å². The van der Waals surface area contributed by atoms with E-state index in [1.165, 1.54) is 7.11 Å². The summed E-state index contributed by atoms with van der Waals surface area (Å²) in [6, 6.07) is 5.41. The van der Waals surface area contributed by atoms with Crippen molar-refractivity contribution >= 4 is 12.0 Å². The Morgan fingerprint density at radius 3 is 2.38 bits per heavy atom. The van der Waals surface area contributed by atoms with Gasteiger partial charge in [0.05, 0.1) is 27.8 Å². The van der Waals surface area contributed by atoms with Crippen LogP contribution in [0.4, 0.5) is 4.79 Å². The van der Waals surface area contributed by atoms with Crippen LogP contribution in [-0.4, -0.2) is 69.3 Å². The molecule has 24 heavy (non-hydrogen) atoms. The predicted molar refractivity (Wildman–Crippen MR) is 88.4 cm³/mol. The van der Waals surface area contributed by atoms with Crippen molar-refractivity contribution in [3.05, 3.63) is 23.8 Å². The van der Waals surface area contributed by atoms with Crippen LogP contribution in [0.2, 0.25) is 0 Å². The summed E-state index contributed by atoms with van der Waals surface area (Å²) in [4.78, 5) is 27.6. The second-order valence-corrected chi connectivity index (χ2v) is 5.55. The minimum Gasteiger partial charge on any atom is -0.497 e. The molecule has 0 aromatic heterocycles. The monoisotopic (exact) mass is 336 g/mol. The van der Waals surface area contributed by atoms with Crippen LogP contribution < -0.4 is 9.47 Å². The molecule has 7 heteroatoms. The fraction of sp³-hybridized carbons (Fsp3) is 0.529. The first-order valence-corrected chi connectivity index (χ1v) is 7.90. The molecule has 0 unspecified atom stereocenters. The van der Waals surface area contributed by atoms with Crippen molar-refractivity contribution in [1.29, 1.82) is 0 Å². The van der Waals surface area contributed by atoms with Crippen LogP contribution >= 0.6 is 0 Å². The standard InChI is InChI=1S/C17H24N2O5/c1-22-14-5-6-15(23-2)13(11-14)12-16(20)18-7-4-8-19(10-9-18)17(21)24-3/h5-6,11H,4,7-10,12H2,1-3H3. The molecule has 0 spiro atoms. The molecule has 2 amide bonds. The molecule has 1 aromatic rings. The van der Waals surface area contributed by atoms with E-state index in [1.807, 2.05) is 6.07 Å². The maximum Gasteiger partial charge on any atom is 0.409 e. The number of benzene rings is 1. The Kier molecular flexibility index (Phi) is 6.28. The number of hydrogen-bond acceptors (Lipinski definition) is 5. The topological polar surface area (TPSA) is 68.3 Å². The average molecular weight is 336 g/mol. The highest BCUT2D eigenvalue weighted by Crippen LogP contribution is 2.25. The smallest absolute Gasteiger partial charge is 0.409 e. The number of amides is 2. The van der Waals surface area contributed by atoms with Crippen LogP contribution in [0.25, 0.3) is 0 Å². The second-order valence-electron chi connectivity index (χ2n) is 5.55. The zero-order valence-electron chi connectivity index (χ0n) is 14.4. The molecule has 0 atom stereocenters. The van der Waals surface area contributed by atoms with Gasteiger partial charge in [-0.15, -0.1) is 0 Å². The number of nitrogens with zero attached hydrogens (tertiary/aromatic N) is 2. The summed E-state index contributed by atoms with van der Waals surface area (Å²) in [5.41, 5.74) is 0.788. The Hall–Kier alpha value is -2.44. The van der Waals surface area contributed by atoms with E-state index in [1.54, 1.807) is 36.2 Å². The van der Waals surface area contributed by atoms with Gasteiger partial charge in [-0.05, 0) is 24.6 Å². The van der Waals surface area contributed by atoms with Gasteiger partial charge in [0.2, 0.25) is 5.91 Å². The fourth-order valence-corrected chi connectivity index (χ4v) is 2.77. The minimum absolute atomic E-state index is 0.00766. The van der Waals surface area contributed by atoms with E-state index in [9.17, 15) is 9.59 Å². The molecule has 1 heterocycles. The van der Waals surface area contributed by atoms with Crippen molar-refractivity contribution in [2.75, 3.05) is 47.5 Å². The van der Waals surface area contributed by atoms with Crippen molar-refractivity contribution in [3.63, 3.8) is 0 Å². The third-order valence-corrected chi connectivity index (χ3v) is 4.11. The third-order valence-electron chi connectivity index (χ3n) is 4.11. The summed E-state index contributed by atoms with van der Waals surface area (Å²) in [6.07, 6.45) is 0.619. The van der Waals surface area contributed by atoms with Gasteiger partial charge in [-0.1, -0.05) is 0 Å². The quantitative estimate of drug-likeness (QED) is 0.834. The normalized spacial score (nSPS) is 14.8. The van der Waals surface area contributed by atoms with Gasteiger partial charge in [-0.2, -0.15) is 0 Å². The zero-order chi connectivity index (χ0) is 17.5. The van der Waals surface area contributed by atoms with Gasteiger partial charge in [0.15, 0.2) is 0 Å². The van der Waals surface area contributed by atoms with E-state index in [0.717, 1.165) is 12.0 Å². The second kappa shape index (κ2) is 8.42. The first-order valence-electron chi connectivity index (χ1n) is 7.90. The Morgan fingerprint density at radius 2 is 1.71 bits per heavy atom. The molecule has 7 nitrogen and oxygen atoms in total. The van der Waals surface area contributed by atoms with E-state index in [4.69, 9.17) is 14.2 Å². The van der Waals surface area contributed by atoms with E-state index in [2.05, 4.69) is 0 Å². The van der Waals surface area contributed by atoms with Gasteiger partial charge < -0.3 is 24.0 Å². The van der Waals surface area contributed by atoms with E-state index in [-0.39, 0.29) is 18.4 Å². The summed E-state index contributed by atoms with van der Waals surface area (Å²) in [7, 11) is 4.53. The number of ether oxygens (including phenoxy) is 3. The van der Waals surface area contributed by atoms with Crippen LogP contribution in [0.3, 0.4) is 0 Å². The summed E-state index contributed by atoms with van der Waals surface area (Å²) >= 11 is 0. The van der Waals surface area contributed by atoms with Crippen molar-refractivity contribution in [2.24, 2.45) is 0 Å². The van der Waals surface area contributed by atoms with Crippen LogP contribution in [0.15, 0.2) is 18.2 Å². The van der Waals surface area contributed by atoms with E-state index < -0.39 is 0 Å². The zero-order valence-corrected chi connectivity index (χ0v) is 14.4. The molecule has 1 aliphatic heterocycles. The summed E-state index contributed by atoms with van der Waals surface area (Å²) in [6.45, 7) is 2.20. The summed E-state index contributed by atoms with van der Waals surface area (Å²) in [5, 5.41) is 0. The lowest BCUT2D eigenvalue weighted by molar-refractivity contribution is -0.130. The molecule has 2 rings (SSSR count). The lowest BCUT2D eigenvalue weighted by Crippen LogP contribution is -2.37. The predicted octanol–water partition coefficient (Wildman–Crippen LogP) is 1.55.